The first-order chi connectivity index (χ1) is 14.3. The van der Waals surface area contributed by atoms with Crippen molar-refractivity contribution in [3.8, 4) is 0 Å². The lowest BCUT2D eigenvalue weighted by Gasteiger charge is -2.06. The minimum Gasteiger partial charge on any atom is -0.356 e. The molecule has 0 aliphatic heterocycles. The molecule has 0 aliphatic carbocycles. The fourth-order valence-corrected chi connectivity index (χ4v) is 4.20. The maximum absolute atomic E-state index is 12.5. The van der Waals surface area contributed by atoms with Gasteiger partial charge in [-0.15, -0.1) is 0 Å². The highest BCUT2D eigenvalue weighted by atomic mass is 35.5. The van der Waals surface area contributed by atoms with Crippen molar-refractivity contribution in [1.29, 1.82) is 0 Å². The molecular formula is C21H22ClN3O4S. The van der Waals surface area contributed by atoms with Crippen molar-refractivity contribution in [2.24, 2.45) is 0 Å². The van der Waals surface area contributed by atoms with Gasteiger partial charge in [0.1, 0.15) is 5.75 Å². The first kappa shape index (κ1) is 22.0. The van der Waals surface area contributed by atoms with E-state index in [4.69, 9.17) is 16.1 Å². The molecule has 0 spiro atoms. The molecule has 0 fully saturated rings. The quantitative estimate of drug-likeness (QED) is 0.540. The van der Waals surface area contributed by atoms with Gasteiger partial charge >= 0.3 is 0 Å². The lowest BCUT2D eigenvalue weighted by Crippen LogP contribution is -2.26. The zero-order valence-electron chi connectivity index (χ0n) is 16.5. The van der Waals surface area contributed by atoms with E-state index in [2.05, 4.69) is 15.5 Å². The average Bonchev–Trinajstić information content (AvgIpc) is 3.15. The van der Waals surface area contributed by atoms with Gasteiger partial charge in [-0.05, 0) is 37.1 Å². The van der Waals surface area contributed by atoms with Crippen LogP contribution in [0.15, 0.2) is 57.9 Å². The zero-order chi connectivity index (χ0) is 21.6. The second-order valence-corrected chi connectivity index (χ2v) is 9.26. The van der Waals surface area contributed by atoms with Crippen LogP contribution in [0.1, 0.15) is 29.3 Å². The number of nitrogens with one attached hydrogen (secondary N) is 1. The molecule has 0 bridgehead atoms. The van der Waals surface area contributed by atoms with E-state index in [1.54, 1.807) is 24.3 Å². The monoisotopic (exact) mass is 447 g/mol. The van der Waals surface area contributed by atoms with Crippen LogP contribution in [0, 0.1) is 6.92 Å². The zero-order valence-corrected chi connectivity index (χ0v) is 18.0. The number of benzene rings is 2. The first-order valence-corrected chi connectivity index (χ1v) is 11.5. The molecule has 158 valence electrons. The van der Waals surface area contributed by atoms with Crippen LogP contribution in [0.4, 0.5) is 0 Å². The van der Waals surface area contributed by atoms with Gasteiger partial charge in [0.05, 0.1) is 4.90 Å². The van der Waals surface area contributed by atoms with E-state index in [0.29, 0.717) is 18.0 Å². The summed E-state index contributed by atoms with van der Waals surface area (Å²) in [7, 11) is -3.57. The molecule has 9 heteroatoms. The Labute approximate surface area is 180 Å². The Morgan fingerprint density at radius 2 is 1.83 bits per heavy atom. The molecule has 3 rings (SSSR count). The van der Waals surface area contributed by atoms with Crippen LogP contribution in [0.5, 0.6) is 0 Å². The smallest absolute Gasteiger partial charge is 0.227 e. The predicted molar refractivity (Wildman–Crippen MR) is 113 cm³/mol. The van der Waals surface area contributed by atoms with E-state index < -0.39 is 9.84 Å². The van der Waals surface area contributed by atoms with Crippen LogP contribution < -0.4 is 5.32 Å². The Morgan fingerprint density at radius 1 is 1.10 bits per heavy atom. The third-order valence-electron chi connectivity index (χ3n) is 4.45. The van der Waals surface area contributed by atoms with Gasteiger partial charge in [0, 0.05) is 24.4 Å². The summed E-state index contributed by atoms with van der Waals surface area (Å²) in [6, 6.07) is 14.1. The van der Waals surface area contributed by atoms with Crippen molar-refractivity contribution in [3.05, 3.63) is 76.4 Å². The third-order valence-corrected chi connectivity index (χ3v) is 6.45. The molecular weight excluding hydrogens is 426 g/mol. The summed E-state index contributed by atoms with van der Waals surface area (Å²) in [6.45, 7) is 2.35. The summed E-state index contributed by atoms with van der Waals surface area (Å²) >= 11 is 6.09. The number of amides is 1. The predicted octanol–water partition coefficient (Wildman–Crippen LogP) is 3.30. The molecule has 2 aromatic carbocycles. The Bertz CT molecular complexity index is 1110. The van der Waals surface area contributed by atoms with Gasteiger partial charge in [0.25, 0.3) is 0 Å². The van der Waals surface area contributed by atoms with Gasteiger partial charge in [-0.25, -0.2) is 8.42 Å². The fourth-order valence-electron chi connectivity index (χ4n) is 2.80. The number of sulfone groups is 1. The Morgan fingerprint density at radius 3 is 2.57 bits per heavy atom. The summed E-state index contributed by atoms with van der Waals surface area (Å²) in [4.78, 5) is 16.3. The molecule has 7 nitrogen and oxygen atoms in total. The lowest BCUT2D eigenvalue weighted by molar-refractivity contribution is -0.121. The number of aromatic nitrogens is 2. The van der Waals surface area contributed by atoms with Crippen LogP contribution in [-0.4, -0.2) is 31.0 Å². The molecule has 0 saturated heterocycles. The molecule has 1 aromatic heterocycles. The Hall–Kier alpha value is -2.71. The molecule has 30 heavy (non-hydrogen) atoms. The van der Waals surface area contributed by atoms with E-state index in [1.807, 2.05) is 31.2 Å². The van der Waals surface area contributed by atoms with Gasteiger partial charge in [-0.1, -0.05) is 52.7 Å². The second-order valence-electron chi connectivity index (χ2n) is 6.87. The molecule has 0 radical (unpaired) electrons. The Balaban J connectivity index is 1.46. The normalized spacial score (nSPS) is 11.4. The summed E-state index contributed by atoms with van der Waals surface area (Å²) in [5.74, 6) is -0.215. The topological polar surface area (TPSA) is 102 Å². The summed E-state index contributed by atoms with van der Waals surface area (Å²) in [5, 5.41) is 7.21. The Kier molecular flexibility index (Phi) is 7.23. The van der Waals surface area contributed by atoms with Gasteiger partial charge in [-0.3, -0.25) is 4.79 Å². The van der Waals surface area contributed by atoms with E-state index in [1.165, 1.54) is 0 Å². The van der Waals surface area contributed by atoms with Crippen molar-refractivity contribution in [3.63, 3.8) is 0 Å². The fraction of sp³-hybridized carbons (Fsp3) is 0.286. The highest BCUT2D eigenvalue weighted by molar-refractivity contribution is 7.90. The first-order valence-electron chi connectivity index (χ1n) is 9.44. The van der Waals surface area contributed by atoms with E-state index in [0.717, 1.165) is 11.1 Å². The minimum atomic E-state index is -3.57. The SMILES string of the molecule is Cc1ccc(S(=O)(=O)Cc2noc(CCC(=O)NCCc3ccccc3Cl)n2)cc1. The number of aryl methyl sites for hydroxylation is 2. The van der Waals surface area contributed by atoms with Crippen LogP contribution in [0.25, 0.3) is 0 Å². The van der Waals surface area contributed by atoms with Crippen molar-refractivity contribution in [2.45, 2.75) is 36.8 Å². The standard InChI is InChI=1S/C21H22ClN3O4S/c1-15-6-8-17(9-7-15)30(27,28)14-19-24-21(29-25-19)11-10-20(26)23-13-12-16-4-2-3-5-18(16)22/h2-9H,10-14H2,1H3,(H,23,26). The molecule has 3 aromatic rings. The maximum Gasteiger partial charge on any atom is 0.227 e. The van der Waals surface area contributed by atoms with E-state index in [-0.39, 0.29) is 41.1 Å². The highest BCUT2D eigenvalue weighted by Crippen LogP contribution is 2.16. The highest BCUT2D eigenvalue weighted by Gasteiger charge is 2.19. The van der Waals surface area contributed by atoms with Crippen molar-refractivity contribution < 1.29 is 17.7 Å². The number of hydrogen-bond acceptors (Lipinski definition) is 6. The third kappa shape index (κ3) is 6.14. The second kappa shape index (κ2) is 9.86. The number of carbonyl (C=O) groups excluding carboxylic acids is 1. The maximum atomic E-state index is 12.5. The van der Waals surface area contributed by atoms with E-state index >= 15 is 0 Å². The van der Waals surface area contributed by atoms with Crippen LogP contribution >= 0.6 is 11.6 Å². The molecule has 1 heterocycles. The van der Waals surface area contributed by atoms with Crippen molar-refractivity contribution in [2.75, 3.05) is 6.54 Å². The van der Waals surface area contributed by atoms with Gasteiger partial charge in [-0.2, -0.15) is 4.98 Å². The molecule has 0 unspecified atom stereocenters. The number of carbonyl (C=O) groups is 1. The number of halogens is 1. The van der Waals surface area contributed by atoms with Gasteiger partial charge in [0.15, 0.2) is 15.7 Å². The number of hydrogen-bond donors (Lipinski definition) is 1. The number of rotatable bonds is 9. The summed E-state index contributed by atoms with van der Waals surface area (Å²) in [6.07, 6.45) is 1.03. The van der Waals surface area contributed by atoms with Gasteiger partial charge < -0.3 is 9.84 Å². The van der Waals surface area contributed by atoms with Crippen molar-refractivity contribution >= 4 is 27.3 Å². The number of nitrogens with zero attached hydrogens (tertiary/aromatic N) is 2. The minimum absolute atomic E-state index is 0.0738. The van der Waals surface area contributed by atoms with Crippen molar-refractivity contribution in [1.82, 2.24) is 15.5 Å². The van der Waals surface area contributed by atoms with E-state index in [9.17, 15) is 13.2 Å². The lowest BCUT2D eigenvalue weighted by atomic mass is 10.1. The molecule has 1 amide bonds. The van der Waals surface area contributed by atoms with Crippen LogP contribution in [0.2, 0.25) is 5.02 Å². The van der Waals surface area contributed by atoms with Crippen LogP contribution in [-0.2, 0) is 33.2 Å². The largest absolute Gasteiger partial charge is 0.356 e. The van der Waals surface area contributed by atoms with Crippen LogP contribution in [0.3, 0.4) is 0 Å². The molecule has 1 N–H and O–H groups in total. The molecule has 0 aliphatic rings. The molecule has 0 saturated carbocycles. The summed E-state index contributed by atoms with van der Waals surface area (Å²) < 4.78 is 30.0. The average molecular weight is 448 g/mol. The summed E-state index contributed by atoms with van der Waals surface area (Å²) in [5.41, 5.74) is 1.94. The molecule has 0 atom stereocenters. The van der Waals surface area contributed by atoms with Gasteiger partial charge in [0.2, 0.25) is 11.8 Å².